The number of rotatable bonds is 5. The van der Waals surface area contributed by atoms with Crippen molar-refractivity contribution in [1.29, 1.82) is 0 Å². The lowest BCUT2D eigenvalue weighted by molar-refractivity contribution is 0.457. The highest BCUT2D eigenvalue weighted by atomic mass is 35.5. The van der Waals surface area contributed by atoms with Gasteiger partial charge in [0.05, 0.1) is 30.2 Å². The Morgan fingerprint density at radius 3 is 3.00 bits per heavy atom. The third-order valence-electron chi connectivity index (χ3n) is 2.08. The van der Waals surface area contributed by atoms with E-state index in [1.807, 2.05) is 10.9 Å². The maximum atomic E-state index is 5.67. The molecule has 0 spiro atoms. The Morgan fingerprint density at radius 1 is 1.35 bits per heavy atom. The smallest absolute Gasteiger partial charge is 0.238 e. The van der Waals surface area contributed by atoms with Crippen molar-refractivity contribution in [2.45, 2.75) is 25.8 Å². The van der Waals surface area contributed by atoms with Crippen LogP contribution in [0.15, 0.2) is 24.8 Å². The van der Waals surface area contributed by atoms with Crippen LogP contribution in [0.4, 0.5) is 0 Å². The second kappa shape index (κ2) is 5.63. The van der Waals surface area contributed by atoms with E-state index in [1.54, 1.807) is 18.6 Å². The first kappa shape index (κ1) is 11.9. The third kappa shape index (κ3) is 3.17. The van der Waals surface area contributed by atoms with Gasteiger partial charge in [-0.1, -0.05) is 6.92 Å². The maximum absolute atomic E-state index is 5.67. The Labute approximate surface area is 104 Å². The Morgan fingerprint density at radius 2 is 2.24 bits per heavy atom. The van der Waals surface area contributed by atoms with Crippen molar-refractivity contribution in [3.63, 3.8) is 0 Å². The van der Waals surface area contributed by atoms with Crippen molar-refractivity contribution in [1.82, 2.24) is 19.7 Å². The van der Waals surface area contributed by atoms with Crippen LogP contribution in [0.1, 0.15) is 19.0 Å². The second-order valence-electron chi connectivity index (χ2n) is 3.52. The van der Waals surface area contributed by atoms with Crippen LogP contribution in [-0.2, 0) is 12.4 Å². The molecule has 0 fully saturated rings. The average molecular weight is 253 g/mol. The summed E-state index contributed by atoms with van der Waals surface area (Å²) in [6, 6.07) is 0. The van der Waals surface area contributed by atoms with E-state index in [4.69, 9.17) is 16.3 Å². The fourth-order valence-corrected chi connectivity index (χ4v) is 1.50. The number of hydrogen-bond donors (Lipinski definition) is 0. The highest BCUT2D eigenvalue weighted by molar-refractivity contribution is 6.16. The van der Waals surface area contributed by atoms with Gasteiger partial charge >= 0.3 is 0 Å². The summed E-state index contributed by atoms with van der Waals surface area (Å²) in [7, 11) is 0. The van der Waals surface area contributed by atoms with Crippen LogP contribution in [0.3, 0.4) is 0 Å². The predicted molar refractivity (Wildman–Crippen MR) is 64.2 cm³/mol. The molecule has 2 heterocycles. The van der Waals surface area contributed by atoms with Crippen LogP contribution in [0, 0.1) is 0 Å². The minimum absolute atomic E-state index is 0.319. The monoisotopic (exact) mass is 252 g/mol. The fraction of sp³-hybridized carbons (Fsp3) is 0.364. The van der Waals surface area contributed by atoms with Crippen LogP contribution < -0.4 is 4.74 Å². The number of hydrogen-bond acceptors (Lipinski definition) is 4. The van der Waals surface area contributed by atoms with Crippen molar-refractivity contribution in [3.05, 3.63) is 30.5 Å². The number of aromatic nitrogens is 4. The van der Waals surface area contributed by atoms with Gasteiger partial charge in [-0.3, -0.25) is 9.67 Å². The lowest BCUT2D eigenvalue weighted by atomic mass is 10.5. The van der Waals surface area contributed by atoms with Crippen molar-refractivity contribution in [2.75, 3.05) is 0 Å². The summed E-state index contributed by atoms with van der Waals surface area (Å²) < 4.78 is 7.36. The molecule has 2 aromatic heterocycles. The van der Waals surface area contributed by atoms with Gasteiger partial charge in [0, 0.05) is 12.7 Å². The molecule has 0 aliphatic rings. The molecule has 0 saturated heterocycles. The highest BCUT2D eigenvalue weighted by Crippen LogP contribution is 2.18. The molecular weight excluding hydrogens is 240 g/mol. The summed E-state index contributed by atoms with van der Waals surface area (Å²) in [6.07, 6.45) is 7.68. The van der Waals surface area contributed by atoms with Crippen LogP contribution in [-0.4, -0.2) is 19.7 Å². The summed E-state index contributed by atoms with van der Waals surface area (Å²) in [5, 5.41) is 4.16. The maximum Gasteiger partial charge on any atom is 0.238 e. The van der Waals surface area contributed by atoms with Gasteiger partial charge in [0.1, 0.15) is 0 Å². The molecule has 5 nitrogen and oxygen atoms in total. The van der Waals surface area contributed by atoms with Gasteiger partial charge in [-0.2, -0.15) is 5.10 Å². The standard InChI is InChI=1S/C11H13ClN4O/c1-2-3-16-8-10(6-14-16)17-11-7-13-5-9(4-12)15-11/h5-8H,2-4H2,1H3. The van der Waals surface area contributed by atoms with Crippen LogP contribution >= 0.6 is 11.6 Å². The van der Waals surface area contributed by atoms with E-state index in [0.29, 0.717) is 23.2 Å². The molecule has 0 unspecified atom stereocenters. The van der Waals surface area contributed by atoms with E-state index in [9.17, 15) is 0 Å². The Balaban J connectivity index is 2.08. The van der Waals surface area contributed by atoms with Crippen LogP contribution in [0.5, 0.6) is 11.6 Å². The molecule has 0 aliphatic carbocycles. The van der Waals surface area contributed by atoms with E-state index in [-0.39, 0.29) is 0 Å². The SMILES string of the molecule is CCCn1cc(Oc2cncc(CCl)n2)cn1. The number of halogens is 1. The molecule has 17 heavy (non-hydrogen) atoms. The van der Waals surface area contributed by atoms with Crippen LogP contribution in [0.2, 0.25) is 0 Å². The Hall–Kier alpha value is -1.62. The fourth-order valence-electron chi connectivity index (χ4n) is 1.37. The first-order chi connectivity index (χ1) is 8.31. The number of nitrogens with zero attached hydrogens (tertiary/aromatic N) is 4. The number of ether oxygens (including phenoxy) is 1. The van der Waals surface area contributed by atoms with Gasteiger partial charge < -0.3 is 4.74 Å². The third-order valence-corrected chi connectivity index (χ3v) is 2.36. The van der Waals surface area contributed by atoms with E-state index in [1.165, 1.54) is 0 Å². The molecule has 0 atom stereocenters. The first-order valence-corrected chi connectivity index (χ1v) is 5.92. The molecule has 0 radical (unpaired) electrons. The lowest BCUT2D eigenvalue weighted by Crippen LogP contribution is -1.95. The molecule has 2 rings (SSSR count). The van der Waals surface area contributed by atoms with Crippen LogP contribution in [0.25, 0.3) is 0 Å². The summed E-state index contributed by atoms with van der Waals surface area (Å²) in [4.78, 5) is 8.18. The molecule has 6 heteroatoms. The van der Waals surface area contributed by atoms with E-state index >= 15 is 0 Å². The quantitative estimate of drug-likeness (QED) is 0.768. The summed E-state index contributed by atoms with van der Waals surface area (Å²) in [5.74, 6) is 1.40. The molecule has 0 N–H and O–H groups in total. The van der Waals surface area contributed by atoms with Crippen molar-refractivity contribution in [3.8, 4) is 11.6 Å². The van der Waals surface area contributed by atoms with E-state index < -0.39 is 0 Å². The summed E-state index contributed by atoms with van der Waals surface area (Å²) >= 11 is 5.67. The van der Waals surface area contributed by atoms with E-state index in [0.717, 1.165) is 13.0 Å². The number of aryl methyl sites for hydroxylation is 1. The molecule has 0 saturated carbocycles. The largest absolute Gasteiger partial charge is 0.434 e. The minimum atomic E-state index is 0.319. The molecule has 2 aromatic rings. The normalized spacial score (nSPS) is 10.5. The van der Waals surface area contributed by atoms with Gasteiger partial charge in [0.2, 0.25) is 5.88 Å². The zero-order valence-electron chi connectivity index (χ0n) is 9.51. The Kier molecular flexibility index (Phi) is 3.93. The van der Waals surface area contributed by atoms with Gasteiger partial charge in [0.25, 0.3) is 0 Å². The second-order valence-corrected chi connectivity index (χ2v) is 3.79. The zero-order valence-corrected chi connectivity index (χ0v) is 10.3. The van der Waals surface area contributed by atoms with Gasteiger partial charge in [-0.05, 0) is 6.42 Å². The molecule has 0 aromatic carbocycles. The summed E-state index contributed by atoms with van der Waals surface area (Å²) in [6.45, 7) is 2.97. The molecule has 0 amide bonds. The minimum Gasteiger partial charge on any atom is -0.434 e. The molecule has 0 bridgehead atoms. The van der Waals surface area contributed by atoms with Crippen molar-refractivity contribution in [2.24, 2.45) is 0 Å². The molecule has 0 aliphatic heterocycles. The average Bonchev–Trinajstić information content (AvgIpc) is 2.77. The lowest BCUT2D eigenvalue weighted by Gasteiger charge is -2.01. The van der Waals surface area contributed by atoms with E-state index in [2.05, 4.69) is 22.0 Å². The van der Waals surface area contributed by atoms with Gasteiger partial charge in [-0.25, -0.2) is 4.98 Å². The van der Waals surface area contributed by atoms with Crippen molar-refractivity contribution >= 4 is 11.6 Å². The predicted octanol–water partition coefficient (Wildman–Crippen LogP) is 2.61. The van der Waals surface area contributed by atoms with Crippen molar-refractivity contribution < 1.29 is 4.74 Å². The number of alkyl halides is 1. The molecular formula is C11H13ClN4O. The Bertz CT molecular complexity index is 486. The zero-order chi connectivity index (χ0) is 12.1. The highest BCUT2D eigenvalue weighted by Gasteiger charge is 2.03. The first-order valence-electron chi connectivity index (χ1n) is 5.39. The van der Waals surface area contributed by atoms with Gasteiger partial charge in [-0.15, -0.1) is 11.6 Å². The summed E-state index contributed by atoms with van der Waals surface area (Å²) in [5.41, 5.74) is 0.685. The topological polar surface area (TPSA) is 52.8 Å². The molecule has 90 valence electrons. The van der Waals surface area contributed by atoms with Gasteiger partial charge in [0.15, 0.2) is 5.75 Å².